The number of hydrogen-bond donors (Lipinski definition) is 1. The van der Waals surface area contributed by atoms with E-state index in [9.17, 15) is 9.18 Å². The summed E-state index contributed by atoms with van der Waals surface area (Å²) in [5, 5.41) is 14.2. The molecule has 176 valence electrons. The Morgan fingerprint density at radius 3 is 2.60 bits per heavy atom. The molecule has 0 saturated carbocycles. The van der Waals surface area contributed by atoms with Crippen LogP contribution in [0.3, 0.4) is 0 Å². The van der Waals surface area contributed by atoms with Crippen molar-refractivity contribution >= 4 is 0 Å². The summed E-state index contributed by atoms with van der Waals surface area (Å²) in [5.41, 5.74) is 4.03. The highest BCUT2D eigenvalue weighted by molar-refractivity contribution is 5.79. The minimum Gasteiger partial charge on any atom is -0.295 e. The number of benzene rings is 2. The highest BCUT2D eigenvalue weighted by Crippen LogP contribution is 2.29. The second kappa shape index (κ2) is 9.84. The maximum absolute atomic E-state index is 14.5. The van der Waals surface area contributed by atoms with Gasteiger partial charge in [0.25, 0.3) is 0 Å². The van der Waals surface area contributed by atoms with E-state index in [0.29, 0.717) is 24.4 Å². The summed E-state index contributed by atoms with van der Waals surface area (Å²) in [5.74, 6) is 0.180. The molecular formula is C26H24FN7O. The van der Waals surface area contributed by atoms with Gasteiger partial charge in [-0.15, -0.1) is 10.2 Å². The first kappa shape index (κ1) is 22.4. The van der Waals surface area contributed by atoms with Gasteiger partial charge in [-0.25, -0.2) is 9.18 Å². The lowest BCUT2D eigenvalue weighted by Crippen LogP contribution is -2.28. The van der Waals surface area contributed by atoms with Crippen LogP contribution in [0.4, 0.5) is 4.39 Å². The van der Waals surface area contributed by atoms with Crippen molar-refractivity contribution in [2.45, 2.75) is 32.4 Å². The second-order valence-corrected chi connectivity index (χ2v) is 8.30. The average Bonchev–Trinajstić information content (AvgIpc) is 3.55. The van der Waals surface area contributed by atoms with Crippen molar-refractivity contribution in [3.05, 3.63) is 107 Å². The van der Waals surface area contributed by atoms with Crippen molar-refractivity contribution in [1.29, 1.82) is 0 Å². The summed E-state index contributed by atoms with van der Waals surface area (Å²) in [6, 6.07) is 16.2. The van der Waals surface area contributed by atoms with Crippen LogP contribution in [0.25, 0.3) is 22.5 Å². The maximum atomic E-state index is 14.5. The van der Waals surface area contributed by atoms with Gasteiger partial charge in [0.1, 0.15) is 5.82 Å². The van der Waals surface area contributed by atoms with E-state index >= 15 is 0 Å². The molecule has 9 heteroatoms. The Labute approximate surface area is 201 Å². The molecular weight excluding hydrogens is 445 g/mol. The number of hydrogen-bond acceptors (Lipinski definition) is 5. The number of aromatic amines is 1. The Kier molecular flexibility index (Phi) is 6.30. The van der Waals surface area contributed by atoms with Crippen molar-refractivity contribution in [1.82, 2.24) is 34.7 Å². The topological polar surface area (TPSA) is 94.3 Å². The molecule has 3 heterocycles. The van der Waals surface area contributed by atoms with Gasteiger partial charge in [0.05, 0.1) is 12.6 Å². The van der Waals surface area contributed by atoms with Crippen LogP contribution in [0.1, 0.15) is 36.9 Å². The molecule has 0 radical (unpaired) electrons. The summed E-state index contributed by atoms with van der Waals surface area (Å²) >= 11 is 0. The fourth-order valence-electron chi connectivity index (χ4n) is 4.34. The Hall–Kier alpha value is -4.40. The molecule has 1 atom stereocenters. The lowest BCUT2D eigenvalue weighted by Gasteiger charge is -2.18. The van der Waals surface area contributed by atoms with Crippen molar-refractivity contribution in [3.63, 3.8) is 0 Å². The number of nitrogens with one attached hydrogen (secondary N) is 1. The zero-order chi connectivity index (χ0) is 24.2. The number of halogens is 1. The minimum atomic E-state index is -0.340. The third-order valence-electron chi connectivity index (χ3n) is 6.06. The van der Waals surface area contributed by atoms with Gasteiger partial charge in [-0.1, -0.05) is 55.8 Å². The fourth-order valence-corrected chi connectivity index (χ4v) is 4.34. The molecule has 0 fully saturated rings. The molecule has 5 aromatic rings. The molecule has 5 rings (SSSR count). The number of aromatic nitrogens is 7. The van der Waals surface area contributed by atoms with Crippen molar-refractivity contribution < 1.29 is 4.39 Å². The van der Waals surface area contributed by atoms with Crippen molar-refractivity contribution in [2.75, 3.05) is 0 Å². The van der Waals surface area contributed by atoms with E-state index in [1.165, 1.54) is 6.07 Å². The summed E-state index contributed by atoms with van der Waals surface area (Å²) in [4.78, 5) is 17.4. The predicted octanol–water partition coefficient (Wildman–Crippen LogP) is 4.47. The number of H-pyrrole nitrogens is 1. The van der Waals surface area contributed by atoms with Crippen LogP contribution in [0.5, 0.6) is 0 Å². The highest BCUT2D eigenvalue weighted by atomic mass is 19.1. The fraction of sp³-hybridized carbons (Fsp3) is 0.192. The lowest BCUT2D eigenvalue weighted by molar-refractivity contribution is 0.481. The summed E-state index contributed by atoms with van der Waals surface area (Å²) in [6.45, 7) is 2.45. The summed E-state index contributed by atoms with van der Waals surface area (Å²) in [7, 11) is 0. The number of tetrazole rings is 1. The Bertz CT molecular complexity index is 1470. The third-order valence-corrected chi connectivity index (χ3v) is 6.06. The zero-order valence-corrected chi connectivity index (χ0v) is 19.2. The van der Waals surface area contributed by atoms with Gasteiger partial charge in [0, 0.05) is 35.9 Å². The van der Waals surface area contributed by atoms with Crippen LogP contribution in [-0.4, -0.2) is 34.7 Å². The Morgan fingerprint density at radius 1 is 1.03 bits per heavy atom. The maximum Gasteiger partial charge on any atom is 0.329 e. The van der Waals surface area contributed by atoms with E-state index in [2.05, 4.69) is 25.6 Å². The van der Waals surface area contributed by atoms with E-state index in [4.69, 9.17) is 0 Å². The first-order valence-electron chi connectivity index (χ1n) is 11.4. The summed E-state index contributed by atoms with van der Waals surface area (Å²) < 4.78 is 17.8. The predicted molar refractivity (Wildman–Crippen MR) is 130 cm³/mol. The van der Waals surface area contributed by atoms with E-state index in [0.717, 1.165) is 28.7 Å². The molecule has 0 bridgehead atoms. The number of pyridine rings is 1. The summed E-state index contributed by atoms with van der Waals surface area (Å²) in [6.07, 6.45) is 8.44. The van der Waals surface area contributed by atoms with Gasteiger partial charge in [-0.05, 0) is 40.5 Å². The molecule has 0 saturated heterocycles. The molecule has 3 aromatic heterocycles. The molecule has 0 aliphatic carbocycles. The van der Waals surface area contributed by atoms with Crippen LogP contribution < -0.4 is 5.69 Å². The van der Waals surface area contributed by atoms with Gasteiger partial charge < -0.3 is 0 Å². The zero-order valence-electron chi connectivity index (χ0n) is 19.2. The van der Waals surface area contributed by atoms with E-state index in [1.807, 2.05) is 37.3 Å². The van der Waals surface area contributed by atoms with Crippen LogP contribution >= 0.6 is 0 Å². The van der Waals surface area contributed by atoms with Crippen molar-refractivity contribution in [2.24, 2.45) is 0 Å². The number of nitrogens with zero attached hydrogens (tertiary/aromatic N) is 6. The van der Waals surface area contributed by atoms with Crippen LogP contribution in [0.2, 0.25) is 0 Å². The first-order chi connectivity index (χ1) is 17.2. The Morgan fingerprint density at radius 2 is 1.86 bits per heavy atom. The van der Waals surface area contributed by atoms with Gasteiger partial charge in [-0.2, -0.15) is 5.21 Å². The van der Waals surface area contributed by atoms with Crippen molar-refractivity contribution in [3.8, 4) is 22.5 Å². The molecule has 0 aliphatic heterocycles. The van der Waals surface area contributed by atoms with Gasteiger partial charge >= 0.3 is 5.69 Å². The van der Waals surface area contributed by atoms with E-state index < -0.39 is 0 Å². The molecule has 1 N–H and O–H groups in total. The SMILES string of the molecule is CCCC(c1ccccc1F)n1ccn(Cc2ccc(-c3ccncc3-c3nn[nH]n3)cc2)c1=O. The lowest BCUT2D eigenvalue weighted by atomic mass is 10.00. The highest BCUT2D eigenvalue weighted by Gasteiger charge is 2.19. The molecule has 2 aromatic carbocycles. The normalized spacial score (nSPS) is 12.1. The minimum absolute atomic E-state index is 0.163. The first-order valence-corrected chi connectivity index (χ1v) is 11.4. The smallest absolute Gasteiger partial charge is 0.295 e. The monoisotopic (exact) mass is 469 g/mol. The van der Waals surface area contributed by atoms with Crippen LogP contribution in [0.15, 0.2) is 84.2 Å². The second-order valence-electron chi connectivity index (χ2n) is 8.30. The third kappa shape index (κ3) is 4.52. The quantitative estimate of drug-likeness (QED) is 0.362. The molecule has 0 amide bonds. The number of rotatable bonds is 8. The molecule has 35 heavy (non-hydrogen) atoms. The number of imidazole rings is 1. The largest absolute Gasteiger partial charge is 0.329 e. The van der Waals surface area contributed by atoms with E-state index in [-0.39, 0.29) is 17.5 Å². The van der Waals surface area contributed by atoms with Gasteiger partial charge in [0.15, 0.2) is 0 Å². The van der Waals surface area contributed by atoms with E-state index in [1.54, 1.807) is 52.1 Å². The molecule has 0 aliphatic rings. The van der Waals surface area contributed by atoms with Gasteiger partial charge in [-0.3, -0.25) is 14.1 Å². The average molecular weight is 470 g/mol. The molecule has 8 nitrogen and oxygen atoms in total. The molecule has 1 unspecified atom stereocenters. The van der Waals surface area contributed by atoms with Crippen LogP contribution in [-0.2, 0) is 6.54 Å². The Balaban J connectivity index is 1.40. The standard InChI is InChI=1S/C26H24FN7O/c1-2-5-24(21-6-3-4-7-23(21)27)34-15-14-33(26(34)35)17-18-8-10-19(11-9-18)20-12-13-28-16-22(20)25-29-31-32-30-25/h3-4,6-16,24H,2,5,17H2,1H3,(H,29,30,31,32). The van der Waals surface area contributed by atoms with Crippen LogP contribution in [0, 0.1) is 5.82 Å². The molecule has 0 spiro atoms. The van der Waals surface area contributed by atoms with Gasteiger partial charge in [0.2, 0.25) is 5.82 Å².